The minimum absolute atomic E-state index is 0.0740. The fourth-order valence-corrected chi connectivity index (χ4v) is 1.51. The van der Waals surface area contributed by atoms with Crippen LogP contribution < -0.4 is 11.1 Å². The first-order chi connectivity index (χ1) is 7.47. The normalized spacial score (nSPS) is 13.6. The Morgan fingerprint density at radius 3 is 2.44 bits per heavy atom. The topological polar surface area (TPSA) is 55.1 Å². The summed E-state index contributed by atoms with van der Waals surface area (Å²) in [6.07, 6.45) is 4.80. The van der Waals surface area contributed by atoms with E-state index in [4.69, 9.17) is 5.73 Å². The molecule has 3 heteroatoms. The van der Waals surface area contributed by atoms with E-state index in [-0.39, 0.29) is 5.91 Å². The molecule has 0 aromatic heterocycles. The van der Waals surface area contributed by atoms with Crippen LogP contribution in [0.1, 0.15) is 53.4 Å². The molecule has 3 nitrogen and oxygen atoms in total. The Morgan fingerprint density at radius 2 is 2.00 bits per heavy atom. The molecule has 96 valence electrons. The zero-order valence-corrected chi connectivity index (χ0v) is 11.3. The van der Waals surface area contributed by atoms with Crippen molar-refractivity contribution in [2.75, 3.05) is 13.1 Å². The van der Waals surface area contributed by atoms with Crippen LogP contribution in [0.25, 0.3) is 0 Å². The van der Waals surface area contributed by atoms with Gasteiger partial charge in [-0.25, -0.2) is 0 Å². The molecule has 0 aliphatic rings. The average molecular weight is 228 g/mol. The first kappa shape index (κ1) is 15.4. The SMILES string of the molecule is CCCCC(CC)CNC(=O)C(C)(C)CN. The zero-order chi connectivity index (χ0) is 12.6. The van der Waals surface area contributed by atoms with Crippen molar-refractivity contribution in [3.63, 3.8) is 0 Å². The Morgan fingerprint density at radius 1 is 1.38 bits per heavy atom. The van der Waals surface area contributed by atoms with Crippen LogP contribution in [0.5, 0.6) is 0 Å². The summed E-state index contributed by atoms with van der Waals surface area (Å²) in [6.45, 7) is 9.33. The van der Waals surface area contributed by atoms with Gasteiger partial charge in [0.15, 0.2) is 0 Å². The van der Waals surface area contributed by atoms with Gasteiger partial charge in [-0.2, -0.15) is 0 Å². The van der Waals surface area contributed by atoms with E-state index in [0.717, 1.165) is 13.0 Å². The van der Waals surface area contributed by atoms with Crippen molar-refractivity contribution in [3.05, 3.63) is 0 Å². The molecule has 0 spiro atoms. The molecule has 0 saturated carbocycles. The van der Waals surface area contributed by atoms with Gasteiger partial charge in [-0.1, -0.05) is 33.1 Å². The molecule has 0 saturated heterocycles. The van der Waals surface area contributed by atoms with Gasteiger partial charge < -0.3 is 11.1 Å². The smallest absolute Gasteiger partial charge is 0.226 e. The number of carbonyl (C=O) groups is 1. The summed E-state index contributed by atoms with van der Waals surface area (Å²) in [4.78, 5) is 11.8. The molecule has 0 heterocycles. The van der Waals surface area contributed by atoms with Crippen LogP contribution in [0.15, 0.2) is 0 Å². The molecule has 0 fully saturated rings. The Hall–Kier alpha value is -0.570. The molecule has 0 aromatic rings. The quantitative estimate of drug-likeness (QED) is 0.670. The first-order valence-corrected chi connectivity index (χ1v) is 6.46. The first-order valence-electron chi connectivity index (χ1n) is 6.46. The third kappa shape index (κ3) is 5.50. The molecule has 0 aliphatic carbocycles. The standard InChI is InChI=1S/C13H28N2O/c1-5-7-8-11(6-2)9-15-12(16)13(3,4)10-14/h11H,5-10,14H2,1-4H3,(H,15,16). The predicted octanol–water partition coefficient (Wildman–Crippen LogP) is 2.30. The molecule has 1 unspecified atom stereocenters. The minimum atomic E-state index is -0.441. The molecule has 1 atom stereocenters. The largest absolute Gasteiger partial charge is 0.355 e. The van der Waals surface area contributed by atoms with E-state index in [1.54, 1.807) is 0 Å². The van der Waals surface area contributed by atoms with Crippen LogP contribution in [0.3, 0.4) is 0 Å². The summed E-state index contributed by atoms with van der Waals surface area (Å²) in [5, 5.41) is 3.01. The van der Waals surface area contributed by atoms with E-state index in [1.165, 1.54) is 19.3 Å². The maximum absolute atomic E-state index is 11.8. The van der Waals surface area contributed by atoms with Crippen LogP contribution in [0, 0.1) is 11.3 Å². The summed E-state index contributed by atoms with van der Waals surface area (Å²) < 4.78 is 0. The minimum Gasteiger partial charge on any atom is -0.355 e. The van der Waals surface area contributed by atoms with Crippen molar-refractivity contribution in [2.24, 2.45) is 17.1 Å². The van der Waals surface area contributed by atoms with Crippen molar-refractivity contribution in [2.45, 2.75) is 53.4 Å². The van der Waals surface area contributed by atoms with E-state index in [1.807, 2.05) is 13.8 Å². The molecule has 0 radical (unpaired) electrons. The highest BCUT2D eigenvalue weighted by Crippen LogP contribution is 2.15. The fraction of sp³-hybridized carbons (Fsp3) is 0.923. The van der Waals surface area contributed by atoms with Gasteiger partial charge in [-0.05, 0) is 26.2 Å². The van der Waals surface area contributed by atoms with Crippen LogP contribution in [0.2, 0.25) is 0 Å². The van der Waals surface area contributed by atoms with Gasteiger partial charge in [0.25, 0.3) is 0 Å². The number of nitrogens with one attached hydrogen (secondary N) is 1. The zero-order valence-electron chi connectivity index (χ0n) is 11.3. The second-order valence-corrected chi connectivity index (χ2v) is 5.21. The summed E-state index contributed by atoms with van der Waals surface area (Å²) >= 11 is 0. The molecule has 16 heavy (non-hydrogen) atoms. The van der Waals surface area contributed by atoms with Crippen LogP contribution in [0.4, 0.5) is 0 Å². The lowest BCUT2D eigenvalue weighted by atomic mass is 9.92. The molecule has 0 aromatic carbocycles. The highest BCUT2D eigenvalue weighted by molar-refractivity contribution is 5.81. The summed E-state index contributed by atoms with van der Waals surface area (Å²) in [5.41, 5.74) is 5.12. The monoisotopic (exact) mass is 228 g/mol. The lowest BCUT2D eigenvalue weighted by molar-refractivity contribution is -0.129. The van der Waals surface area contributed by atoms with Crippen LogP contribution in [-0.4, -0.2) is 19.0 Å². The second kappa shape index (κ2) is 7.66. The van der Waals surface area contributed by atoms with Gasteiger partial charge in [0.1, 0.15) is 0 Å². The number of hydrogen-bond acceptors (Lipinski definition) is 2. The lowest BCUT2D eigenvalue weighted by Crippen LogP contribution is -2.43. The van der Waals surface area contributed by atoms with Gasteiger partial charge in [-0.3, -0.25) is 4.79 Å². The third-order valence-electron chi connectivity index (χ3n) is 3.22. The summed E-state index contributed by atoms with van der Waals surface area (Å²) in [7, 11) is 0. The van der Waals surface area contributed by atoms with E-state index < -0.39 is 5.41 Å². The van der Waals surface area contributed by atoms with Crippen molar-refractivity contribution < 1.29 is 4.79 Å². The number of nitrogens with two attached hydrogens (primary N) is 1. The van der Waals surface area contributed by atoms with Gasteiger partial charge in [0.05, 0.1) is 5.41 Å². The predicted molar refractivity (Wildman–Crippen MR) is 69.2 cm³/mol. The molecule has 0 bridgehead atoms. The lowest BCUT2D eigenvalue weighted by Gasteiger charge is -2.23. The Kier molecular flexibility index (Phi) is 7.39. The van der Waals surface area contributed by atoms with Gasteiger partial charge >= 0.3 is 0 Å². The van der Waals surface area contributed by atoms with E-state index in [2.05, 4.69) is 19.2 Å². The molecular weight excluding hydrogens is 200 g/mol. The van der Waals surface area contributed by atoms with Gasteiger partial charge in [-0.15, -0.1) is 0 Å². The number of amides is 1. The number of rotatable bonds is 8. The van der Waals surface area contributed by atoms with Crippen molar-refractivity contribution in [1.82, 2.24) is 5.32 Å². The fourth-order valence-electron chi connectivity index (χ4n) is 1.51. The van der Waals surface area contributed by atoms with Crippen molar-refractivity contribution >= 4 is 5.91 Å². The number of hydrogen-bond donors (Lipinski definition) is 2. The highest BCUT2D eigenvalue weighted by Gasteiger charge is 2.25. The third-order valence-corrected chi connectivity index (χ3v) is 3.22. The Bertz CT molecular complexity index is 202. The van der Waals surface area contributed by atoms with Crippen molar-refractivity contribution in [3.8, 4) is 0 Å². The maximum Gasteiger partial charge on any atom is 0.226 e. The molecule has 0 rings (SSSR count). The molecule has 1 amide bonds. The van der Waals surface area contributed by atoms with E-state index in [0.29, 0.717) is 12.5 Å². The molecule has 0 aliphatic heterocycles. The van der Waals surface area contributed by atoms with Gasteiger partial charge in [0, 0.05) is 13.1 Å². The summed E-state index contributed by atoms with van der Waals surface area (Å²) in [6, 6.07) is 0. The average Bonchev–Trinajstić information content (AvgIpc) is 2.28. The highest BCUT2D eigenvalue weighted by atomic mass is 16.2. The molecular formula is C13H28N2O. The molecule has 3 N–H and O–H groups in total. The maximum atomic E-state index is 11.8. The second-order valence-electron chi connectivity index (χ2n) is 5.21. The summed E-state index contributed by atoms with van der Waals surface area (Å²) in [5.74, 6) is 0.683. The Labute approximate surface area is 100 Å². The van der Waals surface area contributed by atoms with E-state index in [9.17, 15) is 4.79 Å². The number of carbonyl (C=O) groups excluding carboxylic acids is 1. The number of unbranched alkanes of at least 4 members (excludes halogenated alkanes) is 1. The van der Waals surface area contributed by atoms with Crippen molar-refractivity contribution in [1.29, 1.82) is 0 Å². The van der Waals surface area contributed by atoms with Crippen LogP contribution in [-0.2, 0) is 4.79 Å². The van der Waals surface area contributed by atoms with Crippen LogP contribution >= 0.6 is 0 Å². The Balaban J connectivity index is 3.97. The van der Waals surface area contributed by atoms with E-state index >= 15 is 0 Å². The van der Waals surface area contributed by atoms with Gasteiger partial charge in [0.2, 0.25) is 5.91 Å².